The van der Waals surface area contributed by atoms with Crippen molar-refractivity contribution in [2.24, 2.45) is 0 Å². The summed E-state index contributed by atoms with van der Waals surface area (Å²) in [4.78, 5) is 2.31. The molecule has 1 atom stereocenters. The maximum absolute atomic E-state index is 6.97. The lowest BCUT2D eigenvalue weighted by Gasteiger charge is -2.36. The standard InChI is InChI=1S/C45H34BrNO/c1-31-8-20-39(21-9-31)47(40-22-10-32(2)11-23-40)41-24-12-33(13-25-41)34-14-26-42-35(30-34)15-27-44-43(42)28-29-45(48-44,36-6-4-3-5-7-36)37-16-18-38(46)19-17-37/h3-30H,1-2H3. The van der Waals surface area contributed by atoms with Crippen molar-refractivity contribution >= 4 is 49.8 Å². The Labute approximate surface area is 290 Å². The molecule has 0 aliphatic carbocycles. The van der Waals surface area contributed by atoms with Gasteiger partial charge in [-0.25, -0.2) is 0 Å². The Balaban J connectivity index is 1.13. The first-order valence-corrected chi connectivity index (χ1v) is 17.1. The van der Waals surface area contributed by atoms with Crippen LogP contribution in [-0.4, -0.2) is 0 Å². The van der Waals surface area contributed by atoms with Crippen LogP contribution in [-0.2, 0) is 5.60 Å². The second-order valence-corrected chi connectivity index (χ2v) is 13.4. The third kappa shape index (κ3) is 5.51. The predicted octanol–water partition coefficient (Wildman–Crippen LogP) is 12.7. The molecule has 0 bridgehead atoms. The monoisotopic (exact) mass is 683 g/mol. The lowest BCUT2D eigenvalue weighted by molar-refractivity contribution is 0.161. The highest BCUT2D eigenvalue weighted by Gasteiger charge is 2.37. The van der Waals surface area contributed by atoms with Gasteiger partial charge < -0.3 is 9.64 Å². The van der Waals surface area contributed by atoms with Gasteiger partial charge in [-0.15, -0.1) is 0 Å². The van der Waals surface area contributed by atoms with Gasteiger partial charge in [-0.2, -0.15) is 0 Å². The minimum absolute atomic E-state index is 0.713. The first-order valence-electron chi connectivity index (χ1n) is 16.3. The third-order valence-electron chi connectivity index (χ3n) is 9.30. The van der Waals surface area contributed by atoms with Crippen molar-refractivity contribution in [2.45, 2.75) is 19.4 Å². The molecule has 8 rings (SSSR count). The van der Waals surface area contributed by atoms with Gasteiger partial charge in [-0.1, -0.05) is 124 Å². The number of rotatable bonds is 6. The molecule has 3 heteroatoms. The van der Waals surface area contributed by atoms with Crippen molar-refractivity contribution in [1.82, 2.24) is 0 Å². The summed E-state index contributed by atoms with van der Waals surface area (Å²) in [6.07, 6.45) is 4.43. The highest BCUT2D eigenvalue weighted by molar-refractivity contribution is 9.10. The van der Waals surface area contributed by atoms with Crippen molar-refractivity contribution < 1.29 is 4.74 Å². The van der Waals surface area contributed by atoms with E-state index in [0.29, 0.717) is 0 Å². The van der Waals surface area contributed by atoms with Crippen LogP contribution in [0.3, 0.4) is 0 Å². The normalized spacial score (nSPS) is 15.1. The molecule has 0 saturated heterocycles. The molecule has 1 heterocycles. The molecule has 0 radical (unpaired) electrons. The molecule has 0 N–H and O–H groups in total. The number of hydrogen-bond donors (Lipinski definition) is 0. The van der Waals surface area contributed by atoms with Crippen LogP contribution in [0.15, 0.2) is 168 Å². The molecule has 232 valence electrons. The number of fused-ring (bicyclic) bond motifs is 3. The van der Waals surface area contributed by atoms with Crippen LogP contribution in [0.2, 0.25) is 0 Å². The molecular formula is C45H34BrNO. The van der Waals surface area contributed by atoms with E-state index in [2.05, 4.69) is 198 Å². The van der Waals surface area contributed by atoms with Crippen LogP contribution < -0.4 is 9.64 Å². The maximum Gasteiger partial charge on any atom is 0.178 e. The summed E-state index contributed by atoms with van der Waals surface area (Å²) in [6, 6.07) is 56.2. The molecule has 1 aliphatic heterocycles. The van der Waals surface area contributed by atoms with Crippen molar-refractivity contribution in [3.05, 3.63) is 196 Å². The van der Waals surface area contributed by atoms with E-state index >= 15 is 0 Å². The lowest BCUT2D eigenvalue weighted by Crippen LogP contribution is -2.34. The minimum atomic E-state index is -0.713. The Morgan fingerprint density at radius 1 is 0.542 bits per heavy atom. The van der Waals surface area contributed by atoms with Crippen LogP contribution in [0.4, 0.5) is 17.1 Å². The van der Waals surface area contributed by atoms with Crippen molar-refractivity contribution in [3.63, 3.8) is 0 Å². The van der Waals surface area contributed by atoms with Gasteiger partial charge in [-0.3, -0.25) is 0 Å². The highest BCUT2D eigenvalue weighted by Crippen LogP contribution is 2.45. The van der Waals surface area contributed by atoms with Crippen LogP contribution in [0.25, 0.3) is 28.0 Å². The summed E-state index contributed by atoms with van der Waals surface area (Å²) in [6.45, 7) is 4.25. The molecule has 0 fully saturated rings. The molecular weight excluding hydrogens is 650 g/mol. The highest BCUT2D eigenvalue weighted by atomic mass is 79.9. The molecule has 1 unspecified atom stereocenters. The van der Waals surface area contributed by atoms with Gasteiger partial charge >= 0.3 is 0 Å². The number of halogens is 1. The van der Waals surface area contributed by atoms with Crippen LogP contribution in [0.5, 0.6) is 5.75 Å². The number of aryl methyl sites for hydroxylation is 2. The fourth-order valence-electron chi connectivity index (χ4n) is 6.68. The number of nitrogens with zero attached hydrogens (tertiary/aromatic N) is 1. The van der Waals surface area contributed by atoms with E-state index in [-0.39, 0.29) is 0 Å². The number of benzene rings is 7. The zero-order chi connectivity index (χ0) is 32.7. The number of ether oxygens (including phenoxy) is 1. The quantitative estimate of drug-likeness (QED) is 0.173. The van der Waals surface area contributed by atoms with E-state index < -0.39 is 5.60 Å². The molecule has 0 aromatic heterocycles. The fraction of sp³-hybridized carbons (Fsp3) is 0.0667. The molecule has 7 aromatic rings. The molecule has 1 aliphatic rings. The van der Waals surface area contributed by atoms with Gasteiger partial charge in [-0.05, 0) is 109 Å². The summed E-state index contributed by atoms with van der Waals surface area (Å²) in [5.74, 6) is 0.876. The second-order valence-electron chi connectivity index (χ2n) is 12.5. The zero-order valence-electron chi connectivity index (χ0n) is 26.9. The summed E-state index contributed by atoms with van der Waals surface area (Å²) >= 11 is 3.59. The Kier molecular flexibility index (Phi) is 7.70. The fourth-order valence-corrected chi connectivity index (χ4v) is 6.94. The number of hydrogen-bond acceptors (Lipinski definition) is 2. The average molecular weight is 685 g/mol. The Hall–Kier alpha value is -5.38. The first-order chi connectivity index (χ1) is 23.5. The summed E-state index contributed by atoms with van der Waals surface area (Å²) in [7, 11) is 0. The smallest absolute Gasteiger partial charge is 0.178 e. The van der Waals surface area contributed by atoms with Gasteiger partial charge in [0.1, 0.15) is 5.75 Å². The summed E-state index contributed by atoms with van der Waals surface area (Å²) < 4.78 is 8.01. The lowest BCUT2D eigenvalue weighted by atomic mass is 9.83. The number of anilines is 3. The van der Waals surface area contributed by atoms with Gasteiger partial charge in [0.25, 0.3) is 0 Å². The zero-order valence-corrected chi connectivity index (χ0v) is 28.5. The molecule has 0 amide bonds. The molecule has 0 saturated carbocycles. The van der Waals surface area contributed by atoms with Crippen LogP contribution >= 0.6 is 15.9 Å². The topological polar surface area (TPSA) is 12.5 Å². The van der Waals surface area contributed by atoms with Crippen LogP contribution in [0.1, 0.15) is 27.8 Å². The van der Waals surface area contributed by atoms with E-state index in [4.69, 9.17) is 4.74 Å². The van der Waals surface area contributed by atoms with Gasteiger partial charge in [0.15, 0.2) is 5.60 Å². The van der Waals surface area contributed by atoms with E-state index in [1.165, 1.54) is 33.0 Å². The summed E-state index contributed by atoms with van der Waals surface area (Å²) in [5.41, 5.74) is 10.8. The third-order valence-corrected chi connectivity index (χ3v) is 9.82. The van der Waals surface area contributed by atoms with E-state index in [0.717, 1.165) is 44.0 Å². The Bertz CT molecular complexity index is 2210. The maximum atomic E-state index is 6.97. The molecule has 7 aromatic carbocycles. The van der Waals surface area contributed by atoms with Crippen molar-refractivity contribution in [3.8, 4) is 16.9 Å². The summed E-state index contributed by atoms with van der Waals surface area (Å²) in [5, 5.41) is 2.35. The second kappa shape index (κ2) is 12.3. The van der Waals surface area contributed by atoms with Gasteiger partial charge in [0.05, 0.1) is 0 Å². The van der Waals surface area contributed by atoms with E-state index in [1.807, 2.05) is 6.07 Å². The average Bonchev–Trinajstić information content (AvgIpc) is 3.13. The Morgan fingerprint density at radius 2 is 1.10 bits per heavy atom. The molecule has 2 nitrogen and oxygen atoms in total. The Morgan fingerprint density at radius 3 is 1.73 bits per heavy atom. The van der Waals surface area contributed by atoms with Crippen molar-refractivity contribution in [2.75, 3.05) is 4.90 Å². The van der Waals surface area contributed by atoms with E-state index in [9.17, 15) is 0 Å². The van der Waals surface area contributed by atoms with E-state index in [1.54, 1.807) is 0 Å². The minimum Gasteiger partial charge on any atom is -0.473 e. The van der Waals surface area contributed by atoms with Gasteiger partial charge in [0, 0.05) is 38.2 Å². The largest absolute Gasteiger partial charge is 0.473 e. The SMILES string of the molecule is Cc1ccc(N(c2ccc(C)cc2)c2ccc(-c3ccc4c5c(ccc4c3)OC(c3ccccc3)(c3ccc(Br)cc3)C=C5)cc2)cc1. The van der Waals surface area contributed by atoms with Gasteiger partial charge in [0.2, 0.25) is 0 Å². The van der Waals surface area contributed by atoms with Crippen LogP contribution in [0, 0.1) is 13.8 Å². The molecule has 48 heavy (non-hydrogen) atoms. The first kappa shape index (κ1) is 30.0. The predicted molar refractivity (Wildman–Crippen MR) is 205 cm³/mol. The molecule has 0 spiro atoms. The van der Waals surface area contributed by atoms with Crippen molar-refractivity contribution in [1.29, 1.82) is 0 Å².